The van der Waals surface area contributed by atoms with Crippen molar-refractivity contribution in [2.24, 2.45) is 0 Å². The van der Waals surface area contributed by atoms with E-state index in [2.05, 4.69) is 9.47 Å². The van der Waals surface area contributed by atoms with Gasteiger partial charge >= 0.3 is 11.9 Å². The Labute approximate surface area is 91.0 Å². The van der Waals surface area contributed by atoms with Gasteiger partial charge in [0.25, 0.3) is 0 Å². The van der Waals surface area contributed by atoms with Crippen molar-refractivity contribution in [1.82, 2.24) is 0 Å². The number of ether oxygens (including phenoxy) is 2. The van der Waals surface area contributed by atoms with Crippen molar-refractivity contribution < 1.29 is 29.3 Å². The molecule has 86 valence electrons. The van der Waals surface area contributed by atoms with Crippen molar-refractivity contribution in [2.45, 2.75) is 0 Å². The fourth-order valence-corrected chi connectivity index (χ4v) is 1.03. The third-order valence-electron chi connectivity index (χ3n) is 1.75. The Morgan fingerprint density at radius 3 is 1.44 bits per heavy atom. The number of carbonyl (C=O) groups is 2. The van der Waals surface area contributed by atoms with Crippen LogP contribution in [0.15, 0.2) is 24.3 Å². The second kappa shape index (κ2) is 5.84. The monoisotopic (exact) mass is 226 g/mol. The van der Waals surface area contributed by atoms with E-state index in [1.165, 1.54) is 24.3 Å². The maximum Gasteiger partial charge on any atom is 0.340 e. The van der Waals surface area contributed by atoms with Gasteiger partial charge in [-0.25, -0.2) is 9.59 Å². The minimum atomic E-state index is -0.701. The average molecular weight is 226 g/mol. The number of carbonyl (C=O) groups excluding carboxylic acids is 2. The zero-order chi connectivity index (χ0) is 12.0. The van der Waals surface area contributed by atoms with E-state index in [1.54, 1.807) is 0 Å². The molecule has 1 rings (SSSR count). The van der Waals surface area contributed by atoms with Gasteiger partial charge in [-0.15, -0.1) is 0 Å². The third-order valence-corrected chi connectivity index (χ3v) is 1.75. The first-order chi connectivity index (χ1) is 7.69. The predicted octanol–water partition coefficient (Wildman–Crippen LogP) is -0.100. The number of hydrogen-bond acceptors (Lipinski definition) is 6. The summed E-state index contributed by atoms with van der Waals surface area (Å²) in [5, 5.41) is 16.7. The van der Waals surface area contributed by atoms with Crippen LogP contribution in [-0.4, -0.2) is 35.7 Å². The Balaban J connectivity index is 2.75. The minimum Gasteiger partial charge on any atom is -0.435 e. The van der Waals surface area contributed by atoms with Crippen LogP contribution in [0.5, 0.6) is 0 Å². The number of benzene rings is 1. The second-order valence-electron chi connectivity index (χ2n) is 2.70. The molecule has 0 radical (unpaired) electrons. The maximum absolute atomic E-state index is 11.1. The molecule has 6 nitrogen and oxygen atoms in total. The number of hydrogen-bond donors (Lipinski definition) is 2. The molecule has 1 aromatic carbocycles. The maximum atomic E-state index is 11.1. The van der Waals surface area contributed by atoms with Crippen LogP contribution >= 0.6 is 0 Å². The smallest absolute Gasteiger partial charge is 0.340 e. The van der Waals surface area contributed by atoms with Gasteiger partial charge in [0.2, 0.25) is 0 Å². The van der Waals surface area contributed by atoms with E-state index in [0.29, 0.717) is 0 Å². The third kappa shape index (κ3) is 3.04. The number of rotatable bonds is 4. The van der Waals surface area contributed by atoms with E-state index in [0.717, 1.165) is 0 Å². The molecule has 0 fully saturated rings. The van der Waals surface area contributed by atoms with E-state index in [4.69, 9.17) is 10.2 Å². The first-order valence-corrected chi connectivity index (χ1v) is 4.35. The molecule has 0 aliphatic rings. The van der Waals surface area contributed by atoms with Crippen LogP contribution in [-0.2, 0) is 9.47 Å². The first kappa shape index (κ1) is 12.2. The van der Waals surface area contributed by atoms with Gasteiger partial charge in [0.15, 0.2) is 13.6 Å². The Kier molecular flexibility index (Phi) is 4.43. The highest BCUT2D eigenvalue weighted by molar-refractivity contribution is 5.93. The molecule has 1 aromatic rings. The van der Waals surface area contributed by atoms with Crippen LogP contribution in [0.25, 0.3) is 0 Å². The fraction of sp³-hybridized carbons (Fsp3) is 0.200. The van der Waals surface area contributed by atoms with Crippen LogP contribution < -0.4 is 0 Å². The zero-order valence-corrected chi connectivity index (χ0v) is 8.25. The summed E-state index contributed by atoms with van der Waals surface area (Å²) in [5.41, 5.74) is 0.407. The standard InChI is InChI=1S/C10H10O6/c11-5-15-9(13)7-1-2-8(4-3-7)10(14)16-6-12/h1-4,11-12H,5-6H2. The van der Waals surface area contributed by atoms with Crippen LogP contribution in [0.3, 0.4) is 0 Å². The van der Waals surface area contributed by atoms with Crippen molar-refractivity contribution >= 4 is 11.9 Å². The highest BCUT2D eigenvalue weighted by atomic mass is 16.6. The summed E-state index contributed by atoms with van der Waals surface area (Å²) in [6, 6.07) is 5.41. The zero-order valence-electron chi connectivity index (χ0n) is 8.25. The lowest BCUT2D eigenvalue weighted by atomic mass is 10.1. The summed E-state index contributed by atoms with van der Waals surface area (Å²) in [7, 11) is 0. The molecular weight excluding hydrogens is 216 g/mol. The number of esters is 2. The summed E-state index contributed by atoms with van der Waals surface area (Å²) >= 11 is 0. The van der Waals surface area contributed by atoms with E-state index < -0.39 is 25.5 Å². The van der Waals surface area contributed by atoms with Crippen molar-refractivity contribution in [2.75, 3.05) is 13.6 Å². The van der Waals surface area contributed by atoms with E-state index in [-0.39, 0.29) is 11.1 Å². The van der Waals surface area contributed by atoms with Crippen molar-refractivity contribution in [3.05, 3.63) is 35.4 Å². The Hall–Kier alpha value is -1.92. The molecule has 0 aliphatic carbocycles. The Morgan fingerprint density at radius 2 is 1.19 bits per heavy atom. The Bertz CT molecular complexity index is 332. The fourth-order valence-electron chi connectivity index (χ4n) is 1.03. The van der Waals surface area contributed by atoms with Gasteiger partial charge in [-0.05, 0) is 24.3 Å². The minimum absolute atomic E-state index is 0.203. The van der Waals surface area contributed by atoms with E-state index in [9.17, 15) is 9.59 Å². The molecule has 2 N–H and O–H groups in total. The highest BCUT2D eigenvalue weighted by Crippen LogP contribution is 2.07. The summed E-state index contributed by atoms with van der Waals surface area (Å²) < 4.78 is 8.67. The second-order valence-corrected chi connectivity index (χ2v) is 2.70. The normalized spacial score (nSPS) is 9.62. The molecule has 0 saturated carbocycles. The van der Waals surface area contributed by atoms with Crippen molar-refractivity contribution in [3.8, 4) is 0 Å². The molecule has 6 heteroatoms. The lowest BCUT2D eigenvalue weighted by molar-refractivity contribution is 0.00523. The van der Waals surface area contributed by atoms with Gasteiger partial charge in [-0.3, -0.25) is 0 Å². The SMILES string of the molecule is O=C(OCO)c1ccc(C(=O)OCO)cc1. The molecular formula is C10H10O6. The molecule has 0 saturated heterocycles. The van der Waals surface area contributed by atoms with E-state index >= 15 is 0 Å². The largest absolute Gasteiger partial charge is 0.435 e. The van der Waals surface area contributed by atoms with Crippen LogP contribution in [0, 0.1) is 0 Å². The van der Waals surface area contributed by atoms with Crippen molar-refractivity contribution in [3.63, 3.8) is 0 Å². The number of aliphatic hydroxyl groups excluding tert-OH is 2. The van der Waals surface area contributed by atoms with Crippen LogP contribution in [0.4, 0.5) is 0 Å². The topological polar surface area (TPSA) is 93.1 Å². The molecule has 0 heterocycles. The highest BCUT2D eigenvalue weighted by Gasteiger charge is 2.09. The Morgan fingerprint density at radius 1 is 0.875 bits per heavy atom. The molecule has 0 aliphatic heterocycles. The molecule has 16 heavy (non-hydrogen) atoms. The van der Waals surface area contributed by atoms with Gasteiger partial charge in [0.05, 0.1) is 11.1 Å². The lowest BCUT2D eigenvalue weighted by Crippen LogP contribution is -2.08. The predicted molar refractivity (Wildman–Crippen MR) is 51.4 cm³/mol. The van der Waals surface area contributed by atoms with E-state index in [1.807, 2.05) is 0 Å². The van der Waals surface area contributed by atoms with Gasteiger partial charge in [0, 0.05) is 0 Å². The summed E-state index contributed by atoms with van der Waals surface area (Å²) in [6.45, 7) is -1.40. The molecule has 0 bridgehead atoms. The van der Waals surface area contributed by atoms with Gasteiger partial charge in [-0.2, -0.15) is 0 Å². The molecule has 0 aromatic heterocycles. The summed E-state index contributed by atoms with van der Waals surface area (Å²) in [6.07, 6.45) is 0. The molecule has 0 unspecified atom stereocenters. The lowest BCUT2D eigenvalue weighted by Gasteiger charge is -2.03. The molecule has 0 atom stereocenters. The quantitative estimate of drug-likeness (QED) is 0.550. The summed E-state index contributed by atoms with van der Waals surface area (Å²) in [4.78, 5) is 22.2. The summed E-state index contributed by atoms with van der Waals surface area (Å²) in [5.74, 6) is -1.38. The van der Waals surface area contributed by atoms with Gasteiger partial charge in [0.1, 0.15) is 0 Å². The average Bonchev–Trinajstić information content (AvgIpc) is 2.30. The van der Waals surface area contributed by atoms with Gasteiger partial charge < -0.3 is 19.7 Å². The number of aliphatic hydroxyl groups is 2. The van der Waals surface area contributed by atoms with Crippen LogP contribution in [0.2, 0.25) is 0 Å². The molecule has 0 amide bonds. The first-order valence-electron chi connectivity index (χ1n) is 4.35. The van der Waals surface area contributed by atoms with Crippen molar-refractivity contribution in [1.29, 1.82) is 0 Å². The van der Waals surface area contributed by atoms with Gasteiger partial charge in [-0.1, -0.05) is 0 Å². The van der Waals surface area contributed by atoms with Crippen LogP contribution in [0.1, 0.15) is 20.7 Å². The molecule has 0 spiro atoms.